The van der Waals surface area contributed by atoms with Gasteiger partial charge in [0.05, 0.1) is 29.4 Å². The number of halogens is 1. The van der Waals surface area contributed by atoms with Crippen molar-refractivity contribution < 1.29 is 24.2 Å². The van der Waals surface area contributed by atoms with Gasteiger partial charge in [-0.05, 0) is 18.2 Å². The predicted octanol–water partition coefficient (Wildman–Crippen LogP) is 1.69. The monoisotopic (exact) mass is 445 g/mol. The Morgan fingerprint density at radius 1 is 1.23 bits per heavy atom. The molecule has 1 amide bonds. The molecule has 11 heteroatoms. The minimum absolute atomic E-state index is 0.0869. The van der Waals surface area contributed by atoms with Gasteiger partial charge in [0.25, 0.3) is 11.9 Å². The van der Waals surface area contributed by atoms with Crippen molar-refractivity contribution in [3.63, 3.8) is 0 Å². The van der Waals surface area contributed by atoms with E-state index in [1.165, 1.54) is 0 Å². The highest BCUT2D eigenvalue weighted by molar-refractivity contribution is 6.33. The minimum Gasteiger partial charge on any atom is -0.480 e. The van der Waals surface area contributed by atoms with Crippen LogP contribution < -0.4 is 15.0 Å². The van der Waals surface area contributed by atoms with Crippen LogP contribution in [0.2, 0.25) is 5.02 Å². The standard InChI is InChI=1S/C20H20ClN5O5/c21-14-9-15-19(25-20(23-15)31-11-16(27)22-10-17(28)29)24-18(14)12-1-3-13(4-2-12)26-5-7-30-8-6-26/h1-4,9H,5-8,10-11H2,(H,22,27)(H,28,29)(H,23,24,25). The Kier molecular flexibility index (Phi) is 6.19. The molecule has 3 heterocycles. The molecule has 2 aromatic heterocycles. The fraction of sp³-hybridized carbons (Fsp3) is 0.300. The van der Waals surface area contributed by atoms with Gasteiger partial charge in [-0.1, -0.05) is 23.7 Å². The minimum atomic E-state index is -1.14. The average molecular weight is 446 g/mol. The van der Waals surface area contributed by atoms with Crippen molar-refractivity contribution in [1.82, 2.24) is 20.3 Å². The summed E-state index contributed by atoms with van der Waals surface area (Å²) in [4.78, 5) is 36.0. The number of hydrogen-bond donors (Lipinski definition) is 3. The van der Waals surface area contributed by atoms with E-state index in [2.05, 4.69) is 25.2 Å². The maximum Gasteiger partial charge on any atom is 0.322 e. The summed E-state index contributed by atoms with van der Waals surface area (Å²) in [6, 6.07) is 9.75. The number of nitrogens with one attached hydrogen (secondary N) is 2. The fourth-order valence-corrected chi connectivity index (χ4v) is 3.44. The second-order valence-corrected chi connectivity index (χ2v) is 7.24. The fourth-order valence-electron chi connectivity index (χ4n) is 3.18. The Labute approximate surface area is 182 Å². The number of nitrogens with zero attached hydrogens (tertiary/aromatic N) is 3. The van der Waals surface area contributed by atoms with E-state index >= 15 is 0 Å². The molecule has 0 spiro atoms. The number of carbonyl (C=O) groups excluding carboxylic acids is 1. The smallest absolute Gasteiger partial charge is 0.322 e. The van der Waals surface area contributed by atoms with Crippen molar-refractivity contribution in [2.75, 3.05) is 44.4 Å². The van der Waals surface area contributed by atoms with Gasteiger partial charge < -0.3 is 29.8 Å². The summed E-state index contributed by atoms with van der Waals surface area (Å²) in [6.45, 7) is 2.29. The van der Waals surface area contributed by atoms with Crippen molar-refractivity contribution in [3.8, 4) is 17.3 Å². The number of rotatable bonds is 7. The van der Waals surface area contributed by atoms with E-state index in [-0.39, 0.29) is 12.6 Å². The maximum absolute atomic E-state index is 11.6. The zero-order valence-corrected chi connectivity index (χ0v) is 17.2. The van der Waals surface area contributed by atoms with Gasteiger partial charge in [0, 0.05) is 24.3 Å². The molecular weight excluding hydrogens is 426 g/mol. The molecule has 10 nitrogen and oxygen atoms in total. The maximum atomic E-state index is 11.6. The van der Waals surface area contributed by atoms with Gasteiger partial charge in [-0.25, -0.2) is 4.98 Å². The van der Waals surface area contributed by atoms with Crippen LogP contribution in [0.25, 0.3) is 22.4 Å². The largest absolute Gasteiger partial charge is 0.480 e. The highest BCUT2D eigenvalue weighted by Crippen LogP contribution is 2.30. The third-order valence-electron chi connectivity index (χ3n) is 4.70. The van der Waals surface area contributed by atoms with Crippen molar-refractivity contribution in [1.29, 1.82) is 0 Å². The zero-order chi connectivity index (χ0) is 21.8. The molecule has 0 atom stereocenters. The Morgan fingerprint density at radius 2 is 1.97 bits per heavy atom. The summed E-state index contributed by atoms with van der Waals surface area (Å²) in [5, 5.41) is 11.2. The lowest BCUT2D eigenvalue weighted by molar-refractivity contribution is -0.138. The number of carbonyl (C=O) groups is 2. The second-order valence-electron chi connectivity index (χ2n) is 6.84. The van der Waals surface area contributed by atoms with Crippen LogP contribution in [-0.4, -0.2) is 71.4 Å². The van der Waals surface area contributed by atoms with Crippen molar-refractivity contribution >= 4 is 40.3 Å². The quantitative estimate of drug-likeness (QED) is 0.501. The Bertz CT molecular complexity index is 1100. The highest BCUT2D eigenvalue weighted by Gasteiger charge is 2.15. The number of pyridine rings is 1. The first-order valence-electron chi connectivity index (χ1n) is 9.60. The number of amides is 1. The Hall–Kier alpha value is -3.37. The summed E-state index contributed by atoms with van der Waals surface area (Å²) in [5.41, 5.74) is 3.49. The van der Waals surface area contributed by atoms with Gasteiger partial charge in [-0.2, -0.15) is 4.98 Å². The first-order chi connectivity index (χ1) is 15.0. The topological polar surface area (TPSA) is 130 Å². The second kappa shape index (κ2) is 9.19. The molecular formula is C20H20ClN5O5. The van der Waals surface area contributed by atoms with Gasteiger partial charge in [0.2, 0.25) is 0 Å². The van der Waals surface area contributed by atoms with Gasteiger partial charge in [0.15, 0.2) is 12.3 Å². The van der Waals surface area contributed by atoms with Crippen LogP contribution in [-0.2, 0) is 14.3 Å². The van der Waals surface area contributed by atoms with Crippen LogP contribution in [0.4, 0.5) is 5.69 Å². The lowest BCUT2D eigenvalue weighted by atomic mass is 10.1. The first kappa shape index (κ1) is 20.9. The number of benzene rings is 1. The van der Waals surface area contributed by atoms with Crippen LogP contribution in [0.5, 0.6) is 6.01 Å². The SMILES string of the molecule is O=C(O)CNC(=O)COc1nc2nc(-c3ccc(N4CCOCC4)cc3)c(Cl)cc2[nH]1. The molecule has 0 saturated carbocycles. The summed E-state index contributed by atoms with van der Waals surface area (Å²) in [7, 11) is 0. The number of morpholine rings is 1. The molecule has 0 aliphatic carbocycles. The van der Waals surface area contributed by atoms with E-state index in [4.69, 9.17) is 26.2 Å². The van der Waals surface area contributed by atoms with Crippen LogP contribution in [0.15, 0.2) is 30.3 Å². The predicted molar refractivity (Wildman–Crippen MR) is 114 cm³/mol. The van der Waals surface area contributed by atoms with E-state index in [0.717, 1.165) is 37.6 Å². The molecule has 1 aliphatic rings. The number of ether oxygens (including phenoxy) is 2. The van der Waals surface area contributed by atoms with Crippen molar-refractivity contribution in [3.05, 3.63) is 35.4 Å². The van der Waals surface area contributed by atoms with E-state index < -0.39 is 18.4 Å². The third-order valence-corrected chi connectivity index (χ3v) is 4.99. The average Bonchev–Trinajstić information content (AvgIpc) is 3.18. The number of hydrogen-bond acceptors (Lipinski definition) is 7. The number of anilines is 1. The van der Waals surface area contributed by atoms with Gasteiger partial charge in [-0.3, -0.25) is 9.59 Å². The summed E-state index contributed by atoms with van der Waals surface area (Å²) < 4.78 is 10.7. The number of fused-ring (bicyclic) bond motifs is 1. The molecule has 0 bridgehead atoms. The number of aromatic nitrogens is 3. The number of imidazole rings is 1. The van der Waals surface area contributed by atoms with Crippen LogP contribution >= 0.6 is 11.6 Å². The Balaban J connectivity index is 1.48. The number of aliphatic carboxylic acids is 1. The van der Waals surface area contributed by atoms with E-state index in [1.807, 2.05) is 24.3 Å². The van der Waals surface area contributed by atoms with E-state index in [9.17, 15) is 9.59 Å². The molecule has 1 aliphatic heterocycles. The van der Waals surface area contributed by atoms with Gasteiger partial charge >= 0.3 is 5.97 Å². The zero-order valence-electron chi connectivity index (χ0n) is 16.4. The number of aromatic amines is 1. The lowest BCUT2D eigenvalue weighted by Gasteiger charge is -2.28. The Morgan fingerprint density at radius 3 is 2.68 bits per heavy atom. The molecule has 0 radical (unpaired) electrons. The normalized spacial score (nSPS) is 13.9. The first-order valence-corrected chi connectivity index (χ1v) is 9.98. The molecule has 1 fully saturated rings. The lowest BCUT2D eigenvalue weighted by Crippen LogP contribution is -2.36. The van der Waals surface area contributed by atoms with Crippen molar-refractivity contribution in [2.45, 2.75) is 0 Å². The number of carboxylic acids is 1. The molecule has 1 aromatic carbocycles. The molecule has 1 saturated heterocycles. The number of carboxylic acid groups (broad SMARTS) is 1. The summed E-state index contributed by atoms with van der Waals surface area (Å²) >= 11 is 6.44. The molecule has 162 valence electrons. The number of H-pyrrole nitrogens is 1. The van der Waals surface area contributed by atoms with E-state index in [0.29, 0.717) is 21.9 Å². The van der Waals surface area contributed by atoms with E-state index in [1.54, 1.807) is 6.07 Å². The summed E-state index contributed by atoms with van der Waals surface area (Å²) in [6.07, 6.45) is 0. The molecule has 4 rings (SSSR count). The van der Waals surface area contributed by atoms with Crippen LogP contribution in [0.1, 0.15) is 0 Å². The highest BCUT2D eigenvalue weighted by atomic mass is 35.5. The third kappa shape index (κ3) is 5.04. The van der Waals surface area contributed by atoms with Crippen molar-refractivity contribution in [2.24, 2.45) is 0 Å². The van der Waals surface area contributed by atoms with Crippen LogP contribution in [0, 0.1) is 0 Å². The molecule has 3 N–H and O–H groups in total. The molecule has 0 unspecified atom stereocenters. The summed E-state index contributed by atoms with van der Waals surface area (Å²) in [5.74, 6) is -1.71. The molecule has 3 aromatic rings. The van der Waals surface area contributed by atoms with Crippen LogP contribution in [0.3, 0.4) is 0 Å². The van der Waals surface area contributed by atoms with Gasteiger partial charge in [-0.15, -0.1) is 0 Å². The molecule has 31 heavy (non-hydrogen) atoms. The van der Waals surface area contributed by atoms with Gasteiger partial charge in [0.1, 0.15) is 6.54 Å².